The summed E-state index contributed by atoms with van der Waals surface area (Å²) in [4.78, 5) is 24.5. The van der Waals surface area contributed by atoms with Crippen molar-refractivity contribution >= 4 is 17.2 Å². The van der Waals surface area contributed by atoms with Gasteiger partial charge in [-0.05, 0) is 81.4 Å². The molecule has 1 amide bonds. The quantitative estimate of drug-likeness (QED) is 0.198. The number of carbonyl (C=O) groups excluding carboxylic acids is 1. The molecule has 2 heterocycles. The Labute approximate surface area is 244 Å². The van der Waals surface area contributed by atoms with Gasteiger partial charge >= 0.3 is 0 Å². The number of anilines is 1. The van der Waals surface area contributed by atoms with Crippen LogP contribution in [-0.2, 0) is 17.6 Å². The molecule has 0 saturated heterocycles. The van der Waals surface area contributed by atoms with Crippen molar-refractivity contribution in [2.24, 2.45) is 17.8 Å². The van der Waals surface area contributed by atoms with Crippen LogP contribution in [0.4, 0.5) is 14.5 Å². The summed E-state index contributed by atoms with van der Waals surface area (Å²) in [5.74, 6) is 0.143. The van der Waals surface area contributed by atoms with Crippen LogP contribution in [0.5, 0.6) is 0 Å². The summed E-state index contributed by atoms with van der Waals surface area (Å²) in [5, 5.41) is 8.20. The molecule has 0 spiro atoms. The number of benzene rings is 1. The molecule has 3 saturated carbocycles. The molecular formula is C32H37F2N5O3. The molecule has 0 aliphatic heterocycles. The van der Waals surface area contributed by atoms with E-state index >= 15 is 0 Å². The van der Waals surface area contributed by atoms with E-state index in [1.54, 1.807) is 4.90 Å². The van der Waals surface area contributed by atoms with Gasteiger partial charge in [0.2, 0.25) is 11.8 Å². The predicted molar refractivity (Wildman–Crippen MR) is 154 cm³/mol. The fraction of sp³-hybridized carbons (Fsp3) is 0.531. The lowest BCUT2D eigenvalue weighted by Gasteiger charge is -2.32. The SMILES string of the molecule is C=C(CCC(=C)c1nc(CC2CC2)no1)CN(C(=O)C1CCC(F)(F)CC1)c1cccc(-c2nc(CC3CC3)no2)c1. The molecule has 10 heteroatoms. The molecule has 3 fully saturated rings. The fourth-order valence-electron chi connectivity index (χ4n) is 5.44. The maximum atomic E-state index is 13.9. The summed E-state index contributed by atoms with van der Waals surface area (Å²) in [6, 6.07) is 7.38. The molecule has 3 aromatic rings. The highest BCUT2D eigenvalue weighted by Gasteiger charge is 2.39. The molecule has 222 valence electrons. The molecule has 6 rings (SSSR count). The first kappa shape index (κ1) is 28.4. The van der Waals surface area contributed by atoms with Crippen LogP contribution < -0.4 is 4.90 Å². The number of rotatable bonds is 13. The molecule has 1 aromatic carbocycles. The summed E-state index contributed by atoms with van der Waals surface area (Å²) in [5.41, 5.74) is 2.86. The van der Waals surface area contributed by atoms with Crippen LogP contribution >= 0.6 is 0 Å². The van der Waals surface area contributed by atoms with E-state index in [1.807, 2.05) is 24.3 Å². The standard InChI is InChI=1S/C32H37F2N5O3/c1-20(6-7-21(2)29-35-27(37-41-29)16-22-8-9-22)19-39(31(40)24-12-14-32(33,34)15-13-24)26-5-3-4-25(18-26)30-36-28(38-42-30)17-23-10-11-23/h3-5,18,22-24H,1-2,6-17,19H2. The van der Waals surface area contributed by atoms with Crippen LogP contribution in [0.1, 0.15) is 81.7 Å². The van der Waals surface area contributed by atoms with Crippen molar-refractivity contribution in [1.82, 2.24) is 20.3 Å². The van der Waals surface area contributed by atoms with Gasteiger partial charge in [-0.15, -0.1) is 0 Å². The highest BCUT2D eigenvalue weighted by atomic mass is 19.3. The third kappa shape index (κ3) is 7.20. The van der Waals surface area contributed by atoms with Gasteiger partial charge in [-0.25, -0.2) is 8.78 Å². The first-order valence-corrected chi connectivity index (χ1v) is 15.0. The second-order valence-electron chi connectivity index (χ2n) is 12.3. The molecule has 3 aliphatic rings. The first-order valence-electron chi connectivity index (χ1n) is 15.0. The van der Waals surface area contributed by atoms with Gasteiger partial charge in [0.05, 0.1) is 0 Å². The zero-order valence-corrected chi connectivity index (χ0v) is 23.9. The molecule has 0 unspecified atom stereocenters. The van der Waals surface area contributed by atoms with Crippen molar-refractivity contribution in [2.45, 2.75) is 83.0 Å². The molecule has 0 bridgehead atoms. The van der Waals surface area contributed by atoms with E-state index in [1.165, 1.54) is 25.7 Å². The Morgan fingerprint density at radius 2 is 1.60 bits per heavy atom. The smallest absolute Gasteiger partial charge is 0.257 e. The van der Waals surface area contributed by atoms with Crippen LogP contribution in [0, 0.1) is 17.8 Å². The minimum absolute atomic E-state index is 0.153. The summed E-state index contributed by atoms with van der Waals surface area (Å²) in [6.45, 7) is 8.61. The van der Waals surface area contributed by atoms with E-state index in [4.69, 9.17) is 9.05 Å². The molecule has 3 aliphatic carbocycles. The third-order valence-corrected chi connectivity index (χ3v) is 8.47. The van der Waals surface area contributed by atoms with Crippen LogP contribution in [0.15, 0.2) is 52.0 Å². The third-order valence-electron chi connectivity index (χ3n) is 8.47. The van der Waals surface area contributed by atoms with Gasteiger partial charge in [-0.3, -0.25) is 4.79 Å². The lowest BCUT2D eigenvalue weighted by Crippen LogP contribution is -2.40. The van der Waals surface area contributed by atoms with Crippen molar-refractivity contribution < 1.29 is 22.6 Å². The Morgan fingerprint density at radius 3 is 2.29 bits per heavy atom. The zero-order chi connectivity index (χ0) is 29.3. The van der Waals surface area contributed by atoms with Crippen LogP contribution in [0.3, 0.4) is 0 Å². The van der Waals surface area contributed by atoms with E-state index in [9.17, 15) is 13.6 Å². The van der Waals surface area contributed by atoms with Crippen molar-refractivity contribution in [2.75, 3.05) is 11.4 Å². The Balaban J connectivity index is 1.15. The zero-order valence-electron chi connectivity index (χ0n) is 23.9. The molecule has 0 N–H and O–H groups in total. The Kier molecular flexibility index (Phi) is 8.05. The number of hydrogen-bond donors (Lipinski definition) is 0. The molecule has 0 atom stereocenters. The monoisotopic (exact) mass is 577 g/mol. The van der Waals surface area contributed by atoms with Crippen molar-refractivity contribution in [3.63, 3.8) is 0 Å². The van der Waals surface area contributed by atoms with Gasteiger partial charge < -0.3 is 13.9 Å². The largest absolute Gasteiger partial charge is 0.334 e. The maximum absolute atomic E-state index is 13.9. The minimum atomic E-state index is -2.71. The van der Waals surface area contributed by atoms with Gasteiger partial charge in [0.1, 0.15) is 0 Å². The number of amides is 1. The average molecular weight is 578 g/mol. The number of aromatic nitrogens is 4. The van der Waals surface area contributed by atoms with Gasteiger partial charge in [0.15, 0.2) is 11.6 Å². The maximum Gasteiger partial charge on any atom is 0.257 e. The van der Waals surface area contributed by atoms with E-state index in [-0.39, 0.29) is 38.1 Å². The summed E-state index contributed by atoms with van der Waals surface area (Å²) in [7, 11) is 0. The molecular weight excluding hydrogens is 540 g/mol. The average Bonchev–Trinajstić information content (AvgIpc) is 3.87. The molecule has 42 heavy (non-hydrogen) atoms. The minimum Gasteiger partial charge on any atom is -0.334 e. The normalized spacial score (nSPS) is 18.6. The van der Waals surface area contributed by atoms with Crippen LogP contribution in [-0.4, -0.2) is 38.7 Å². The van der Waals surface area contributed by atoms with Crippen molar-refractivity contribution in [3.8, 4) is 11.5 Å². The number of carbonyl (C=O) groups is 1. The Hall–Kier alpha value is -3.69. The fourth-order valence-corrected chi connectivity index (χ4v) is 5.44. The van der Waals surface area contributed by atoms with Crippen LogP contribution in [0.25, 0.3) is 17.0 Å². The molecule has 0 radical (unpaired) electrons. The van der Waals surface area contributed by atoms with Gasteiger partial charge in [0.25, 0.3) is 11.8 Å². The van der Waals surface area contributed by atoms with Gasteiger partial charge in [-0.1, -0.05) is 35.1 Å². The lowest BCUT2D eigenvalue weighted by molar-refractivity contribution is -0.126. The second kappa shape index (κ2) is 11.9. The number of halogens is 2. The van der Waals surface area contributed by atoms with E-state index in [0.717, 1.165) is 24.0 Å². The van der Waals surface area contributed by atoms with Crippen molar-refractivity contribution in [1.29, 1.82) is 0 Å². The topological polar surface area (TPSA) is 98.2 Å². The van der Waals surface area contributed by atoms with Crippen LogP contribution in [0.2, 0.25) is 0 Å². The summed E-state index contributed by atoms with van der Waals surface area (Å²) in [6.07, 6.45) is 7.29. The molecule has 8 nitrogen and oxygen atoms in total. The first-order chi connectivity index (χ1) is 20.2. The summed E-state index contributed by atoms with van der Waals surface area (Å²) < 4.78 is 38.7. The molecule has 2 aromatic heterocycles. The Morgan fingerprint density at radius 1 is 0.929 bits per heavy atom. The number of alkyl halides is 2. The highest BCUT2D eigenvalue weighted by Crippen LogP contribution is 2.38. The van der Waals surface area contributed by atoms with Gasteiger partial charge in [-0.2, -0.15) is 9.97 Å². The van der Waals surface area contributed by atoms with E-state index < -0.39 is 11.8 Å². The van der Waals surface area contributed by atoms with E-state index in [2.05, 4.69) is 33.4 Å². The number of allylic oxidation sites excluding steroid dienone is 1. The van der Waals surface area contributed by atoms with Crippen molar-refractivity contribution in [3.05, 3.63) is 60.5 Å². The van der Waals surface area contributed by atoms with Gasteiger partial charge in [0, 0.05) is 55.0 Å². The van der Waals surface area contributed by atoms with E-state index in [0.29, 0.717) is 59.4 Å². The number of nitrogens with zero attached hydrogens (tertiary/aromatic N) is 5. The lowest BCUT2D eigenvalue weighted by atomic mass is 9.85. The number of hydrogen-bond acceptors (Lipinski definition) is 7. The Bertz CT molecular complexity index is 1450. The highest BCUT2D eigenvalue weighted by molar-refractivity contribution is 5.96. The second-order valence-corrected chi connectivity index (χ2v) is 12.3. The summed E-state index contributed by atoms with van der Waals surface area (Å²) >= 11 is 0. The predicted octanol–water partition coefficient (Wildman–Crippen LogP) is 7.23.